The van der Waals surface area contributed by atoms with Crippen LogP contribution in [0.4, 0.5) is 0 Å². The molecule has 2 heterocycles. The first-order valence-corrected chi connectivity index (χ1v) is 8.15. The molecule has 0 aliphatic rings. The Bertz CT molecular complexity index is 983. The lowest BCUT2D eigenvalue weighted by Gasteiger charge is -2.04. The molecular formula is C15H12N4O2S. The van der Waals surface area contributed by atoms with Crippen LogP contribution in [0, 0.1) is 11.3 Å². The Morgan fingerprint density at radius 1 is 1.23 bits per heavy atom. The summed E-state index contributed by atoms with van der Waals surface area (Å²) < 4.78 is 22.2. The molecule has 0 saturated carbocycles. The standard InChI is InChI=1S/C15H12N4O2S/c16-6-13-8-19-15-14(13)5-12(7-18-15)11-3-1-10(2-4-11)9-22(17,20)21/h1-5,7-8H,9H2,(H,18,19)(H2,17,20,21). The van der Waals surface area contributed by atoms with Crippen molar-refractivity contribution in [3.8, 4) is 17.2 Å². The van der Waals surface area contributed by atoms with E-state index < -0.39 is 10.0 Å². The van der Waals surface area contributed by atoms with Gasteiger partial charge in [0.15, 0.2) is 0 Å². The lowest BCUT2D eigenvalue weighted by Crippen LogP contribution is -2.14. The van der Waals surface area contributed by atoms with E-state index in [4.69, 9.17) is 10.4 Å². The fourth-order valence-electron chi connectivity index (χ4n) is 2.28. The number of aromatic nitrogens is 2. The Balaban J connectivity index is 1.99. The topological polar surface area (TPSA) is 113 Å². The van der Waals surface area contributed by atoms with Gasteiger partial charge in [0.25, 0.3) is 0 Å². The molecule has 6 nitrogen and oxygen atoms in total. The number of fused-ring (bicyclic) bond motifs is 1. The Hall–Kier alpha value is -2.69. The van der Waals surface area contributed by atoms with Gasteiger partial charge in [-0.05, 0) is 17.2 Å². The number of pyridine rings is 1. The molecule has 3 N–H and O–H groups in total. The van der Waals surface area contributed by atoms with Crippen LogP contribution in [0.3, 0.4) is 0 Å². The summed E-state index contributed by atoms with van der Waals surface area (Å²) in [5.74, 6) is -0.193. The van der Waals surface area contributed by atoms with Crippen molar-refractivity contribution in [2.45, 2.75) is 5.75 Å². The molecule has 7 heteroatoms. The first kappa shape index (κ1) is 14.3. The minimum Gasteiger partial charge on any atom is -0.345 e. The molecule has 0 aliphatic heterocycles. The number of rotatable bonds is 3. The number of hydrogen-bond acceptors (Lipinski definition) is 4. The summed E-state index contributed by atoms with van der Waals surface area (Å²) >= 11 is 0. The Labute approximate surface area is 127 Å². The normalized spacial score (nSPS) is 11.5. The van der Waals surface area contributed by atoms with Gasteiger partial charge in [0.2, 0.25) is 10.0 Å². The zero-order valence-corrected chi connectivity index (χ0v) is 12.3. The molecule has 0 saturated heterocycles. The van der Waals surface area contributed by atoms with Crippen molar-refractivity contribution in [1.82, 2.24) is 9.97 Å². The molecule has 0 unspecified atom stereocenters. The third kappa shape index (κ3) is 2.83. The number of aromatic amines is 1. The van der Waals surface area contributed by atoms with Crippen molar-refractivity contribution >= 4 is 21.1 Å². The van der Waals surface area contributed by atoms with E-state index >= 15 is 0 Å². The van der Waals surface area contributed by atoms with E-state index in [2.05, 4.69) is 16.0 Å². The van der Waals surface area contributed by atoms with Crippen molar-refractivity contribution in [3.05, 3.63) is 53.9 Å². The molecule has 0 atom stereocenters. The summed E-state index contributed by atoms with van der Waals surface area (Å²) in [7, 11) is -3.54. The zero-order valence-electron chi connectivity index (χ0n) is 11.4. The largest absolute Gasteiger partial charge is 0.345 e. The quantitative estimate of drug-likeness (QED) is 0.768. The van der Waals surface area contributed by atoms with Crippen LogP contribution in [0.15, 0.2) is 42.7 Å². The van der Waals surface area contributed by atoms with Gasteiger partial charge in [0.05, 0.1) is 11.3 Å². The maximum absolute atomic E-state index is 11.1. The lowest BCUT2D eigenvalue weighted by atomic mass is 10.0. The van der Waals surface area contributed by atoms with E-state index in [-0.39, 0.29) is 5.75 Å². The van der Waals surface area contributed by atoms with Gasteiger partial charge >= 0.3 is 0 Å². The average molecular weight is 312 g/mol. The zero-order chi connectivity index (χ0) is 15.7. The minimum absolute atomic E-state index is 0.193. The summed E-state index contributed by atoms with van der Waals surface area (Å²) in [6, 6.07) is 11.0. The number of nitrogens with one attached hydrogen (secondary N) is 1. The second-order valence-electron chi connectivity index (χ2n) is 4.94. The molecule has 0 amide bonds. The van der Waals surface area contributed by atoms with Gasteiger partial charge in [-0.1, -0.05) is 24.3 Å². The molecular weight excluding hydrogens is 300 g/mol. The van der Waals surface area contributed by atoms with E-state index in [0.717, 1.165) is 16.5 Å². The molecule has 0 bridgehead atoms. The third-order valence-electron chi connectivity index (χ3n) is 3.31. The van der Waals surface area contributed by atoms with Crippen molar-refractivity contribution < 1.29 is 8.42 Å². The summed E-state index contributed by atoms with van der Waals surface area (Å²) in [4.78, 5) is 7.22. The molecule has 22 heavy (non-hydrogen) atoms. The van der Waals surface area contributed by atoms with Gasteiger partial charge in [0.1, 0.15) is 11.7 Å². The molecule has 0 spiro atoms. The monoisotopic (exact) mass is 312 g/mol. The molecule has 0 radical (unpaired) electrons. The average Bonchev–Trinajstić information content (AvgIpc) is 2.88. The molecule has 1 aromatic carbocycles. The van der Waals surface area contributed by atoms with Gasteiger partial charge in [-0.15, -0.1) is 0 Å². The number of benzene rings is 1. The van der Waals surface area contributed by atoms with Crippen LogP contribution in [0.5, 0.6) is 0 Å². The van der Waals surface area contributed by atoms with Crippen LogP contribution in [-0.4, -0.2) is 18.4 Å². The van der Waals surface area contributed by atoms with Crippen LogP contribution in [-0.2, 0) is 15.8 Å². The number of nitriles is 1. The van der Waals surface area contributed by atoms with Gasteiger partial charge < -0.3 is 4.98 Å². The Kier molecular flexibility index (Phi) is 3.41. The highest BCUT2D eigenvalue weighted by Crippen LogP contribution is 2.24. The lowest BCUT2D eigenvalue weighted by molar-refractivity contribution is 0.597. The smallest absolute Gasteiger partial charge is 0.213 e. The summed E-state index contributed by atoms with van der Waals surface area (Å²) in [6.07, 6.45) is 3.32. The number of nitrogens with two attached hydrogens (primary N) is 1. The number of hydrogen-bond donors (Lipinski definition) is 2. The van der Waals surface area contributed by atoms with Crippen molar-refractivity contribution in [2.75, 3.05) is 0 Å². The van der Waals surface area contributed by atoms with E-state index in [1.165, 1.54) is 0 Å². The second kappa shape index (κ2) is 5.26. The highest BCUT2D eigenvalue weighted by molar-refractivity contribution is 7.88. The maximum Gasteiger partial charge on any atom is 0.213 e. The molecule has 3 aromatic rings. The number of primary sulfonamides is 1. The van der Waals surface area contributed by atoms with Gasteiger partial charge in [-0.3, -0.25) is 0 Å². The van der Waals surface area contributed by atoms with E-state index in [1.807, 2.05) is 18.2 Å². The van der Waals surface area contributed by atoms with Crippen LogP contribution in [0.25, 0.3) is 22.2 Å². The van der Waals surface area contributed by atoms with Gasteiger partial charge in [0, 0.05) is 23.3 Å². The van der Waals surface area contributed by atoms with Crippen LogP contribution in [0.1, 0.15) is 11.1 Å². The number of sulfonamides is 1. The van der Waals surface area contributed by atoms with Gasteiger partial charge in [-0.25, -0.2) is 18.5 Å². The van der Waals surface area contributed by atoms with Crippen molar-refractivity contribution in [1.29, 1.82) is 5.26 Å². The first-order valence-electron chi connectivity index (χ1n) is 6.43. The van der Waals surface area contributed by atoms with Crippen molar-refractivity contribution in [2.24, 2.45) is 5.14 Å². The summed E-state index contributed by atoms with van der Waals surface area (Å²) in [6.45, 7) is 0. The Morgan fingerprint density at radius 3 is 2.59 bits per heavy atom. The predicted octanol–water partition coefficient (Wildman–Crippen LogP) is 1.89. The minimum atomic E-state index is -3.54. The van der Waals surface area contributed by atoms with E-state index in [9.17, 15) is 8.42 Å². The highest BCUT2D eigenvalue weighted by atomic mass is 32.2. The van der Waals surface area contributed by atoms with Crippen LogP contribution < -0.4 is 5.14 Å². The SMILES string of the molecule is N#Cc1c[nH]c2ncc(-c3ccc(CS(N)(=O)=O)cc3)cc12. The molecule has 3 rings (SSSR count). The highest BCUT2D eigenvalue weighted by Gasteiger charge is 2.08. The fourth-order valence-corrected chi connectivity index (χ4v) is 2.94. The van der Waals surface area contributed by atoms with Crippen molar-refractivity contribution in [3.63, 3.8) is 0 Å². The molecule has 2 aromatic heterocycles. The van der Waals surface area contributed by atoms with E-state index in [1.54, 1.807) is 24.5 Å². The molecule has 110 valence electrons. The number of H-pyrrole nitrogens is 1. The Morgan fingerprint density at radius 2 is 1.95 bits per heavy atom. The number of nitrogens with zero attached hydrogens (tertiary/aromatic N) is 2. The molecule has 0 fully saturated rings. The van der Waals surface area contributed by atoms with E-state index in [0.29, 0.717) is 16.8 Å². The summed E-state index contributed by atoms with van der Waals surface area (Å²) in [5.41, 5.74) is 3.56. The molecule has 0 aliphatic carbocycles. The van der Waals surface area contributed by atoms with Crippen LogP contribution >= 0.6 is 0 Å². The fraction of sp³-hybridized carbons (Fsp3) is 0.0667. The third-order valence-corrected chi connectivity index (χ3v) is 4.04. The first-order chi connectivity index (χ1) is 10.5. The maximum atomic E-state index is 11.1. The van der Waals surface area contributed by atoms with Crippen LogP contribution in [0.2, 0.25) is 0 Å². The van der Waals surface area contributed by atoms with Gasteiger partial charge in [-0.2, -0.15) is 5.26 Å². The predicted molar refractivity (Wildman–Crippen MR) is 83.1 cm³/mol. The summed E-state index contributed by atoms with van der Waals surface area (Å²) in [5, 5.41) is 14.8. The second-order valence-corrected chi connectivity index (χ2v) is 6.55.